The van der Waals surface area contributed by atoms with Crippen molar-refractivity contribution < 1.29 is 4.92 Å². The second-order valence-corrected chi connectivity index (χ2v) is 5.45. The number of aliphatic imine (C=N–C) groups is 1. The van der Waals surface area contributed by atoms with Gasteiger partial charge in [0.2, 0.25) is 0 Å². The van der Waals surface area contributed by atoms with Gasteiger partial charge in [-0.15, -0.1) is 0 Å². The van der Waals surface area contributed by atoms with E-state index in [1.165, 1.54) is 12.1 Å². The van der Waals surface area contributed by atoms with Gasteiger partial charge in [-0.05, 0) is 17.5 Å². The number of hydrogen-bond donors (Lipinski definition) is 1. The van der Waals surface area contributed by atoms with Crippen LogP contribution in [0.25, 0.3) is 22.0 Å². The Labute approximate surface area is 137 Å². The lowest BCUT2D eigenvalue weighted by Gasteiger charge is -2.00. The zero-order valence-corrected chi connectivity index (χ0v) is 12.6. The molecule has 0 atom stereocenters. The Balaban J connectivity index is 1.84. The largest absolute Gasteiger partial charge is 0.361 e. The van der Waals surface area contributed by atoms with Crippen molar-refractivity contribution in [3.63, 3.8) is 0 Å². The highest BCUT2D eigenvalue weighted by molar-refractivity contribution is 6.14. The highest BCUT2D eigenvalue weighted by Gasteiger charge is 2.15. The minimum absolute atomic E-state index is 0.0372. The summed E-state index contributed by atoms with van der Waals surface area (Å²) in [6.45, 7) is 0. The molecule has 1 heterocycles. The van der Waals surface area contributed by atoms with Crippen LogP contribution in [-0.2, 0) is 0 Å². The van der Waals surface area contributed by atoms with Crippen molar-refractivity contribution in [1.82, 2.24) is 4.98 Å². The van der Waals surface area contributed by atoms with Crippen LogP contribution in [0.4, 0.5) is 11.4 Å². The van der Waals surface area contributed by atoms with Crippen LogP contribution in [0.1, 0.15) is 5.56 Å². The summed E-state index contributed by atoms with van der Waals surface area (Å²) in [6, 6.07) is 18.4. The lowest BCUT2D eigenvalue weighted by molar-refractivity contribution is -0.384. The minimum Gasteiger partial charge on any atom is -0.361 e. The number of fused-ring (bicyclic) bond motifs is 3. The summed E-state index contributed by atoms with van der Waals surface area (Å²) in [7, 11) is 0. The van der Waals surface area contributed by atoms with Crippen molar-refractivity contribution in [2.45, 2.75) is 0 Å². The van der Waals surface area contributed by atoms with Gasteiger partial charge >= 0.3 is 0 Å². The smallest absolute Gasteiger partial charge is 0.271 e. The summed E-state index contributed by atoms with van der Waals surface area (Å²) in [6.07, 6.45) is 3.67. The topological polar surface area (TPSA) is 71.3 Å². The summed E-state index contributed by atoms with van der Waals surface area (Å²) < 4.78 is 0. The SMILES string of the molecule is O=[N+]([O-])c1cccc(N=Cc2c3ccc[nH]c-3c3ccccc23)c1. The Hall–Kier alpha value is -3.47. The van der Waals surface area contributed by atoms with Gasteiger partial charge in [-0.3, -0.25) is 15.1 Å². The van der Waals surface area contributed by atoms with Gasteiger partial charge in [0.15, 0.2) is 0 Å². The van der Waals surface area contributed by atoms with Gasteiger partial charge < -0.3 is 4.98 Å². The summed E-state index contributed by atoms with van der Waals surface area (Å²) in [5.74, 6) is 0. The molecule has 0 aromatic heterocycles. The van der Waals surface area contributed by atoms with Crippen molar-refractivity contribution in [1.29, 1.82) is 0 Å². The molecule has 0 amide bonds. The molecule has 2 aliphatic rings. The summed E-state index contributed by atoms with van der Waals surface area (Å²) in [4.78, 5) is 18.2. The number of aromatic amines is 1. The molecule has 24 heavy (non-hydrogen) atoms. The molecule has 0 saturated heterocycles. The van der Waals surface area contributed by atoms with Crippen LogP contribution in [0, 0.1) is 10.1 Å². The third kappa shape index (κ3) is 2.32. The van der Waals surface area contributed by atoms with Crippen LogP contribution in [0.2, 0.25) is 0 Å². The van der Waals surface area contributed by atoms with Crippen LogP contribution in [0.3, 0.4) is 0 Å². The highest BCUT2D eigenvalue weighted by atomic mass is 16.6. The van der Waals surface area contributed by atoms with Crippen molar-refractivity contribution in [2.75, 3.05) is 0 Å². The zero-order valence-electron chi connectivity index (χ0n) is 12.6. The quantitative estimate of drug-likeness (QED) is 0.331. The van der Waals surface area contributed by atoms with E-state index in [2.05, 4.69) is 22.1 Å². The van der Waals surface area contributed by atoms with E-state index in [1.807, 2.05) is 30.5 Å². The Morgan fingerprint density at radius 3 is 2.67 bits per heavy atom. The molecule has 0 saturated carbocycles. The fourth-order valence-electron chi connectivity index (χ4n) is 2.93. The molecule has 0 unspecified atom stereocenters. The van der Waals surface area contributed by atoms with Crippen molar-refractivity contribution in [3.8, 4) is 11.3 Å². The number of hydrogen-bond acceptors (Lipinski definition) is 3. The molecule has 2 aromatic rings. The van der Waals surface area contributed by atoms with E-state index in [-0.39, 0.29) is 5.69 Å². The molecule has 0 fully saturated rings. The number of pyridine rings is 1. The molecule has 5 nitrogen and oxygen atoms in total. The maximum atomic E-state index is 10.9. The number of nitro groups is 1. The predicted octanol–water partition coefficient (Wildman–Crippen LogP) is 4.93. The first-order chi connectivity index (χ1) is 11.7. The molecule has 116 valence electrons. The van der Waals surface area contributed by atoms with Crippen LogP contribution in [-0.4, -0.2) is 16.1 Å². The molecule has 4 rings (SSSR count). The predicted molar refractivity (Wildman–Crippen MR) is 95.3 cm³/mol. The standard InChI is InChI=1S/C19H13N3O2/c23-22(24)14-6-3-5-13(11-14)21-12-18-15-7-1-2-8-16(15)19-17(18)9-4-10-20-19/h1-12,20H. The molecule has 2 aromatic carbocycles. The Morgan fingerprint density at radius 1 is 1.00 bits per heavy atom. The Morgan fingerprint density at radius 2 is 1.83 bits per heavy atom. The van der Waals surface area contributed by atoms with E-state index < -0.39 is 4.92 Å². The van der Waals surface area contributed by atoms with Gasteiger partial charge in [0.25, 0.3) is 5.69 Å². The summed E-state index contributed by atoms with van der Waals surface area (Å²) >= 11 is 0. The van der Waals surface area contributed by atoms with E-state index in [0.717, 1.165) is 27.6 Å². The average molecular weight is 315 g/mol. The normalized spacial score (nSPS) is 11.5. The number of H-pyrrole nitrogens is 1. The molecule has 5 heteroatoms. The van der Waals surface area contributed by atoms with Crippen LogP contribution < -0.4 is 0 Å². The first kappa shape index (κ1) is 14.1. The zero-order chi connectivity index (χ0) is 16.5. The molecular weight excluding hydrogens is 302 g/mol. The van der Waals surface area contributed by atoms with Gasteiger partial charge in [-0.25, -0.2) is 0 Å². The monoisotopic (exact) mass is 315 g/mol. The second-order valence-electron chi connectivity index (χ2n) is 5.45. The average Bonchev–Trinajstić information content (AvgIpc) is 2.94. The van der Waals surface area contributed by atoms with Gasteiger partial charge in [-0.2, -0.15) is 0 Å². The van der Waals surface area contributed by atoms with Crippen molar-refractivity contribution in [2.24, 2.45) is 4.99 Å². The number of benzene rings is 2. The van der Waals surface area contributed by atoms with E-state index in [9.17, 15) is 10.1 Å². The highest BCUT2D eigenvalue weighted by Crippen LogP contribution is 2.36. The number of nitro benzene ring substituents is 1. The third-order valence-corrected chi connectivity index (χ3v) is 4.02. The fourth-order valence-corrected chi connectivity index (χ4v) is 2.93. The summed E-state index contributed by atoms with van der Waals surface area (Å²) in [5.41, 5.74) is 3.74. The minimum atomic E-state index is -0.415. The number of nitrogens with zero attached hydrogens (tertiary/aromatic N) is 2. The molecule has 0 spiro atoms. The van der Waals surface area contributed by atoms with Gasteiger partial charge in [0, 0.05) is 41.1 Å². The summed E-state index contributed by atoms with van der Waals surface area (Å²) in [5, 5.41) is 13.1. The molecule has 0 radical (unpaired) electrons. The van der Waals surface area contributed by atoms with Gasteiger partial charge in [-0.1, -0.05) is 36.4 Å². The van der Waals surface area contributed by atoms with Crippen LogP contribution in [0.5, 0.6) is 0 Å². The lowest BCUT2D eigenvalue weighted by Crippen LogP contribution is -1.87. The Kier molecular flexibility index (Phi) is 3.31. The molecule has 1 N–H and O–H groups in total. The van der Waals surface area contributed by atoms with Crippen molar-refractivity contribution >= 4 is 28.4 Å². The van der Waals surface area contributed by atoms with Crippen LogP contribution >= 0.6 is 0 Å². The van der Waals surface area contributed by atoms with E-state index in [4.69, 9.17) is 0 Å². The lowest BCUT2D eigenvalue weighted by atomic mass is 10.1. The molecule has 1 aliphatic carbocycles. The first-order valence-electron chi connectivity index (χ1n) is 7.50. The number of non-ortho nitro benzene ring substituents is 1. The number of aromatic nitrogens is 1. The van der Waals surface area contributed by atoms with Gasteiger partial charge in [0.05, 0.1) is 16.3 Å². The Bertz CT molecular complexity index is 1050. The molecule has 0 bridgehead atoms. The number of nitrogens with one attached hydrogen (secondary N) is 1. The maximum absolute atomic E-state index is 10.9. The molecule has 1 aliphatic heterocycles. The van der Waals surface area contributed by atoms with Gasteiger partial charge in [0.1, 0.15) is 0 Å². The first-order valence-corrected chi connectivity index (χ1v) is 7.50. The van der Waals surface area contributed by atoms with Crippen molar-refractivity contribution in [3.05, 3.63) is 82.5 Å². The fraction of sp³-hybridized carbons (Fsp3) is 0. The van der Waals surface area contributed by atoms with E-state index in [1.54, 1.807) is 18.3 Å². The maximum Gasteiger partial charge on any atom is 0.271 e. The second kappa shape index (κ2) is 5.62. The van der Waals surface area contributed by atoms with E-state index in [0.29, 0.717) is 5.69 Å². The van der Waals surface area contributed by atoms with E-state index >= 15 is 0 Å². The number of rotatable bonds is 3. The van der Waals surface area contributed by atoms with Crippen LogP contribution in [0.15, 0.2) is 71.9 Å². The third-order valence-electron chi connectivity index (χ3n) is 4.02. The molecular formula is C19H13N3O2.